The zero-order valence-electron chi connectivity index (χ0n) is 10.9. The Labute approximate surface area is 112 Å². The number of amides is 1. The summed E-state index contributed by atoms with van der Waals surface area (Å²) >= 11 is 0. The van der Waals surface area contributed by atoms with E-state index in [1.165, 1.54) is 12.1 Å². The molecule has 19 heavy (non-hydrogen) atoms. The van der Waals surface area contributed by atoms with Gasteiger partial charge in [-0.15, -0.1) is 0 Å². The largest absolute Gasteiger partial charge is 0.505 e. The Kier molecular flexibility index (Phi) is 4.37. The van der Waals surface area contributed by atoms with E-state index < -0.39 is 5.82 Å². The first-order chi connectivity index (χ1) is 9.06. The molecular formula is C14H19FN2O2. The van der Waals surface area contributed by atoms with E-state index in [1.54, 1.807) is 6.07 Å². The fraction of sp³-hybridized carbons (Fsp3) is 0.500. The average molecular weight is 266 g/mol. The molecule has 1 saturated heterocycles. The van der Waals surface area contributed by atoms with Crippen molar-refractivity contribution in [2.45, 2.75) is 32.4 Å². The van der Waals surface area contributed by atoms with Gasteiger partial charge in [-0.05, 0) is 44.0 Å². The number of carbonyl (C=O) groups excluding carboxylic acids is 1. The van der Waals surface area contributed by atoms with Crippen molar-refractivity contribution in [2.24, 2.45) is 5.92 Å². The second-order valence-corrected chi connectivity index (χ2v) is 5.08. The van der Waals surface area contributed by atoms with Crippen LogP contribution in [0.1, 0.15) is 25.3 Å². The summed E-state index contributed by atoms with van der Waals surface area (Å²) in [7, 11) is 0. The topological polar surface area (TPSA) is 61.4 Å². The summed E-state index contributed by atoms with van der Waals surface area (Å²) in [6.07, 6.45) is 1.66. The highest BCUT2D eigenvalue weighted by Gasteiger charge is 2.24. The lowest BCUT2D eigenvalue weighted by atomic mass is 9.92. The fourth-order valence-corrected chi connectivity index (χ4v) is 2.36. The third kappa shape index (κ3) is 3.67. The second kappa shape index (κ2) is 6.02. The van der Waals surface area contributed by atoms with Crippen molar-refractivity contribution >= 4 is 5.91 Å². The lowest BCUT2D eigenvalue weighted by molar-refractivity contribution is -0.126. The third-order valence-electron chi connectivity index (χ3n) is 3.47. The molecule has 2 rings (SSSR count). The summed E-state index contributed by atoms with van der Waals surface area (Å²) in [6, 6.07) is 4.49. The number of carbonyl (C=O) groups is 1. The van der Waals surface area contributed by atoms with Crippen molar-refractivity contribution in [3.63, 3.8) is 0 Å². The van der Waals surface area contributed by atoms with Crippen LogP contribution >= 0.6 is 0 Å². The van der Waals surface area contributed by atoms with Gasteiger partial charge in [0.2, 0.25) is 5.91 Å². The average Bonchev–Trinajstić information content (AvgIpc) is 2.40. The molecule has 2 atom stereocenters. The maximum Gasteiger partial charge on any atom is 0.223 e. The zero-order chi connectivity index (χ0) is 13.8. The van der Waals surface area contributed by atoms with Crippen LogP contribution in [0.4, 0.5) is 4.39 Å². The van der Waals surface area contributed by atoms with E-state index in [-0.39, 0.29) is 24.1 Å². The lowest BCUT2D eigenvalue weighted by Crippen LogP contribution is -2.42. The van der Waals surface area contributed by atoms with Gasteiger partial charge in [-0.3, -0.25) is 4.79 Å². The summed E-state index contributed by atoms with van der Waals surface area (Å²) in [6.45, 7) is 3.20. The first-order valence-corrected chi connectivity index (χ1v) is 6.54. The Balaban J connectivity index is 1.87. The van der Waals surface area contributed by atoms with E-state index in [0.717, 1.165) is 19.4 Å². The van der Waals surface area contributed by atoms with Crippen LogP contribution in [0.2, 0.25) is 0 Å². The van der Waals surface area contributed by atoms with Gasteiger partial charge in [0, 0.05) is 18.5 Å². The minimum absolute atomic E-state index is 0.0156. The molecule has 1 fully saturated rings. The van der Waals surface area contributed by atoms with E-state index in [9.17, 15) is 9.18 Å². The van der Waals surface area contributed by atoms with Gasteiger partial charge in [0.25, 0.3) is 0 Å². The molecule has 0 spiro atoms. The van der Waals surface area contributed by atoms with E-state index in [1.807, 2.05) is 0 Å². The first kappa shape index (κ1) is 13.8. The Bertz CT molecular complexity index is 465. The van der Waals surface area contributed by atoms with Crippen LogP contribution in [-0.4, -0.2) is 23.6 Å². The number of hydrogen-bond acceptors (Lipinski definition) is 3. The molecule has 4 nitrogen and oxygen atoms in total. The fourth-order valence-electron chi connectivity index (χ4n) is 2.36. The van der Waals surface area contributed by atoms with Crippen LogP contribution in [-0.2, 0) is 11.3 Å². The standard InChI is InChI=1S/C14H19FN2O2/c1-9-6-11(4-5-16-9)14(19)17-8-10-2-3-13(18)12(15)7-10/h2-3,7,9,11,16,18H,4-6,8H2,1H3,(H,17,19)/t9-,11-/m0/s1. The zero-order valence-corrected chi connectivity index (χ0v) is 10.9. The monoisotopic (exact) mass is 266 g/mol. The summed E-state index contributed by atoms with van der Waals surface area (Å²) < 4.78 is 13.1. The van der Waals surface area contributed by atoms with Crippen LogP contribution in [0.3, 0.4) is 0 Å². The summed E-state index contributed by atoms with van der Waals surface area (Å²) in [5.74, 6) is -0.996. The SMILES string of the molecule is C[C@H]1C[C@@H](C(=O)NCc2ccc(O)c(F)c2)CCN1. The van der Waals surface area contributed by atoms with Crippen molar-refractivity contribution in [2.75, 3.05) is 6.54 Å². The summed E-state index contributed by atoms with van der Waals surface area (Å²) in [4.78, 5) is 12.0. The van der Waals surface area contributed by atoms with Crippen molar-refractivity contribution < 1.29 is 14.3 Å². The number of benzene rings is 1. The molecule has 1 aromatic carbocycles. The number of phenols is 1. The molecule has 0 saturated carbocycles. The molecule has 104 valence electrons. The van der Waals surface area contributed by atoms with E-state index in [0.29, 0.717) is 11.6 Å². The van der Waals surface area contributed by atoms with Crippen LogP contribution in [0, 0.1) is 11.7 Å². The number of piperidine rings is 1. The first-order valence-electron chi connectivity index (χ1n) is 6.54. The van der Waals surface area contributed by atoms with Crippen molar-refractivity contribution in [1.82, 2.24) is 10.6 Å². The van der Waals surface area contributed by atoms with E-state index >= 15 is 0 Å². The van der Waals surface area contributed by atoms with Gasteiger partial charge in [0.1, 0.15) is 0 Å². The van der Waals surface area contributed by atoms with Crippen LogP contribution < -0.4 is 10.6 Å². The number of rotatable bonds is 3. The number of phenolic OH excluding ortho intramolecular Hbond substituents is 1. The molecule has 1 aliphatic heterocycles. The second-order valence-electron chi connectivity index (χ2n) is 5.08. The van der Waals surface area contributed by atoms with Gasteiger partial charge in [-0.25, -0.2) is 4.39 Å². The van der Waals surface area contributed by atoms with Gasteiger partial charge < -0.3 is 15.7 Å². The van der Waals surface area contributed by atoms with E-state index in [4.69, 9.17) is 5.11 Å². The summed E-state index contributed by atoms with van der Waals surface area (Å²) in [5, 5.41) is 15.2. The van der Waals surface area contributed by atoms with Gasteiger partial charge >= 0.3 is 0 Å². The molecule has 1 amide bonds. The maximum atomic E-state index is 13.1. The molecular weight excluding hydrogens is 247 g/mol. The number of aromatic hydroxyl groups is 1. The van der Waals surface area contributed by atoms with E-state index in [2.05, 4.69) is 17.6 Å². The Morgan fingerprint density at radius 3 is 3.05 bits per heavy atom. The molecule has 1 aromatic rings. The molecule has 0 bridgehead atoms. The predicted octanol–water partition coefficient (Wildman–Crippen LogP) is 1.54. The van der Waals surface area contributed by atoms with Crippen LogP contribution in [0.25, 0.3) is 0 Å². The normalized spacial score (nSPS) is 23.1. The number of halogens is 1. The predicted molar refractivity (Wildman–Crippen MR) is 70.1 cm³/mol. The molecule has 5 heteroatoms. The minimum atomic E-state index is -0.665. The Morgan fingerprint density at radius 1 is 1.58 bits per heavy atom. The van der Waals surface area contributed by atoms with Gasteiger partial charge in [-0.1, -0.05) is 6.07 Å². The highest BCUT2D eigenvalue weighted by atomic mass is 19.1. The molecule has 1 aliphatic rings. The summed E-state index contributed by atoms with van der Waals surface area (Å²) in [5.41, 5.74) is 0.644. The van der Waals surface area contributed by atoms with Crippen molar-refractivity contribution in [1.29, 1.82) is 0 Å². The molecule has 0 radical (unpaired) electrons. The Hall–Kier alpha value is -1.62. The molecule has 1 heterocycles. The quantitative estimate of drug-likeness (QED) is 0.777. The third-order valence-corrected chi connectivity index (χ3v) is 3.47. The van der Waals surface area contributed by atoms with Gasteiger partial charge in [0.05, 0.1) is 0 Å². The number of nitrogens with one attached hydrogen (secondary N) is 2. The van der Waals surface area contributed by atoms with Crippen molar-refractivity contribution in [3.05, 3.63) is 29.6 Å². The number of hydrogen-bond donors (Lipinski definition) is 3. The van der Waals surface area contributed by atoms with Crippen LogP contribution in [0.5, 0.6) is 5.75 Å². The van der Waals surface area contributed by atoms with Gasteiger partial charge in [0.15, 0.2) is 11.6 Å². The molecule has 3 N–H and O–H groups in total. The van der Waals surface area contributed by atoms with Gasteiger partial charge in [-0.2, -0.15) is 0 Å². The maximum absolute atomic E-state index is 13.1. The van der Waals surface area contributed by atoms with Crippen LogP contribution in [0.15, 0.2) is 18.2 Å². The lowest BCUT2D eigenvalue weighted by Gasteiger charge is -2.27. The molecule has 0 aliphatic carbocycles. The van der Waals surface area contributed by atoms with Crippen molar-refractivity contribution in [3.8, 4) is 5.75 Å². The highest BCUT2D eigenvalue weighted by Crippen LogP contribution is 2.18. The highest BCUT2D eigenvalue weighted by molar-refractivity contribution is 5.78. The smallest absolute Gasteiger partial charge is 0.223 e. The molecule has 0 unspecified atom stereocenters. The Morgan fingerprint density at radius 2 is 2.37 bits per heavy atom. The minimum Gasteiger partial charge on any atom is -0.505 e. The molecule has 0 aromatic heterocycles.